The van der Waals surface area contributed by atoms with Crippen LogP contribution in [0.2, 0.25) is 5.02 Å². The lowest BCUT2D eigenvalue weighted by atomic mass is 9.77. The highest BCUT2D eigenvalue weighted by Crippen LogP contribution is 2.49. The van der Waals surface area contributed by atoms with Gasteiger partial charge in [-0.1, -0.05) is 187 Å². The van der Waals surface area contributed by atoms with Crippen LogP contribution in [0.3, 0.4) is 0 Å². The zero-order valence-electron chi connectivity index (χ0n) is 82.6. The molecule has 0 amide bonds. The number of aliphatic hydroxyl groups is 1. The molecule has 9 N–H and O–H groups in total. The summed E-state index contributed by atoms with van der Waals surface area (Å²) < 4.78 is 30.5. The summed E-state index contributed by atoms with van der Waals surface area (Å²) >= 11 is 6.08. The van der Waals surface area contributed by atoms with Gasteiger partial charge in [0, 0.05) is 160 Å². The highest BCUT2D eigenvalue weighted by atomic mass is 35.5. The Labute approximate surface area is 877 Å². The van der Waals surface area contributed by atoms with Crippen LogP contribution in [0, 0.1) is 24.7 Å². The lowest BCUT2D eigenvalue weighted by Gasteiger charge is -2.42. The third-order valence-corrected chi connectivity index (χ3v) is 30.4. The second-order valence-electron chi connectivity index (χ2n) is 40.2. The first-order chi connectivity index (χ1) is 70.5. The molecule has 4 saturated heterocycles. The molecule has 8 aliphatic rings. The number of likely N-dealkylation sites (tertiary alicyclic amines) is 3. The molecular formula is C121H148ClN19O7. The molecule has 776 valence electrons. The molecule has 3 saturated carbocycles. The van der Waals surface area contributed by atoms with Crippen LogP contribution in [-0.2, 0) is 35.8 Å². The number of aromatic amines is 1. The molecule has 0 radical (unpaired) electrons. The highest BCUT2D eigenvalue weighted by molar-refractivity contribution is 6.30. The number of methoxy groups -OCH3 is 1. The number of rotatable bonds is 33. The van der Waals surface area contributed by atoms with E-state index in [1.165, 1.54) is 109 Å². The van der Waals surface area contributed by atoms with E-state index >= 15 is 0 Å². The molecule has 23 rings (SSSR count). The SMILES string of the molecule is C.C.C.C.COCCN1CCN(c2cc(C)c3c(c2)CC(c2c(NC[C@@H](O)c4cccc(Cl)c4)cc[nH]c2=O)=N3)CC1.Nc1ccnc2c1c(-c1cccc(OCc3ccccc3)c1)cn2C1CC(CN2CCCC2)C1.Nc1ncnc2c1c(-c1cccc(OCc3ccccc3)c1)cn2C1CC(CCC(=O)CN2CCCCC2)C1.Nc1ncnc2c1c(-c1cccc(OCc3ccccc3)c1)cn2C1CC(CN2CCC2)C1. The van der Waals surface area contributed by atoms with E-state index in [2.05, 4.69) is 185 Å². The van der Waals surface area contributed by atoms with Crippen LogP contribution >= 0.6 is 11.6 Å². The Morgan fingerprint density at radius 1 is 0.507 bits per heavy atom. The lowest BCUT2D eigenvalue weighted by Crippen LogP contribution is -2.47. The Morgan fingerprint density at radius 2 is 0.986 bits per heavy atom. The third-order valence-electron chi connectivity index (χ3n) is 30.2. The fraction of sp³-hybridized carbons (Fsp3) is 0.388. The number of aromatic nitrogens is 9. The van der Waals surface area contributed by atoms with Gasteiger partial charge in [-0.25, -0.2) is 24.9 Å². The number of nitrogen functional groups attached to an aromatic ring is 3. The molecule has 26 nitrogen and oxygen atoms in total. The van der Waals surface area contributed by atoms with Gasteiger partial charge >= 0.3 is 0 Å². The van der Waals surface area contributed by atoms with E-state index in [0.717, 1.165) is 212 Å². The number of anilines is 5. The van der Waals surface area contributed by atoms with Gasteiger partial charge in [-0.2, -0.15) is 0 Å². The molecule has 15 aromatic rings. The number of carbonyl (C=O) groups is 1. The minimum Gasteiger partial charge on any atom is -0.489 e. The number of nitrogens with zero attached hydrogens (tertiary/aromatic N) is 14. The fourth-order valence-corrected chi connectivity index (χ4v) is 22.2. The largest absolute Gasteiger partial charge is 0.489 e. The van der Waals surface area contributed by atoms with Crippen molar-refractivity contribution in [2.75, 3.05) is 139 Å². The summed E-state index contributed by atoms with van der Waals surface area (Å²) in [6, 6.07) is 71.9. The van der Waals surface area contributed by atoms with E-state index in [4.69, 9.17) is 57.7 Å². The van der Waals surface area contributed by atoms with E-state index < -0.39 is 6.10 Å². The number of hydrogen-bond donors (Lipinski definition) is 6. The van der Waals surface area contributed by atoms with Crippen molar-refractivity contribution in [3.05, 3.63) is 310 Å². The average Bonchev–Trinajstić information content (AvgIpc) is 1.61. The predicted octanol–water partition coefficient (Wildman–Crippen LogP) is 23.3. The first kappa shape index (κ1) is 107. The molecule has 1 atom stereocenters. The van der Waals surface area contributed by atoms with Crippen molar-refractivity contribution in [3.63, 3.8) is 0 Å². The summed E-state index contributed by atoms with van der Waals surface area (Å²) in [6.07, 6.45) is 29.5. The zero-order valence-corrected chi connectivity index (χ0v) is 83.4. The molecule has 27 heteroatoms. The Morgan fingerprint density at radius 3 is 1.49 bits per heavy atom. The number of piperazine rings is 1. The molecule has 3 aliphatic carbocycles. The van der Waals surface area contributed by atoms with Gasteiger partial charge in [0.15, 0.2) is 0 Å². The lowest BCUT2D eigenvalue weighted by molar-refractivity contribution is -0.120. The van der Waals surface area contributed by atoms with Crippen LogP contribution in [0.25, 0.3) is 66.5 Å². The van der Waals surface area contributed by atoms with E-state index in [9.17, 15) is 14.7 Å². The number of aliphatic hydroxyl groups excluding tert-OH is 1. The fourth-order valence-electron chi connectivity index (χ4n) is 22.0. The van der Waals surface area contributed by atoms with Crippen molar-refractivity contribution in [2.24, 2.45) is 22.7 Å². The van der Waals surface area contributed by atoms with Crippen molar-refractivity contribution in [1.82, 2.24) is 63.2 Å². The first-order valence-corrected chi connectivity index (χ1v) is 52.0. The van der Waals surface area contributed by atoms with Crippen molar-refractivity contribution < 1.29 is 28.8 Å². The number of hydrogen-bond acceptors (Lipinski definition) is 22. The number of ether oxygens (including phenoxy) is 4. The number of H-pyrrole nitrogens is 1. The maximum Gasteiger partial charge on any atom is 0.259 e. The number of carbonyl (C=O) groups excluding carboxylic acids is 1. The van der Waals surface area contributed by atoms with Crippen molar-refractivity contribution in [3.8, 4) is 50.6 Å². The van der Waals surface area contributed by atoms with Crippen LogP contribution in [0.4, 0.5) is 34.4 Å². The van der Waals surface area contributed by atoms with Crippen LogP contribution in [0.5, 0.6) is 17.2 Å². The summed E-state index contributed by atoms with van der Waals surface area (Å²) in [7, 11) is 1.74. The van der Waals surface area contributed by atoms with Crippen LogP contribution < -0.4 is 47.2 Å². The number of pyridine rings is 2. The molecule has 7 aromatic heterocycles. The molecule has 7 fully saturated rings. The number of ketones is 1. The predicted molar refractivity (Wildman–Crippen MR) is 604 cm³/mol. The van der Waals surface area contributed by atoms with Crippen LogP contribution in [0.1, 0.15) is 183 Å². The maximum atomic E-state index is 13.0. The quantitative estimate of drug-likeness (QED) is 0.0223. The summed E-state index contributed by atoms with van der Waals surface area (Å²) in [6.45, 7) is 20.0. The summed E-state index contributed by atoms with van der Waals surface area (Å²) in [5, 5.41) is 17.4. The molecule has 12 heterocycles. The van der Waals surface area contributed by atoms with Gasteiger partial charge in [-0.3, -0.25) is 24.4 Å². The van der Waals surface area contributed by atoms with E-state index in [0.29, 0.717) is 103 Å². The molecule has 5 aliphatic heterocycles. The molecule has 8 aromatic carbocycles. The van der Waals surface area contributed by atoms with E-state index in [1.54, 1.807) is 38.1 Å². The Hall–Kier alpha value is -13.6. The van der Waals surface area contributed by atoms with E-state index in [-0.39, 0.29) is 41.8 Å². The average molecular weight is 2020 g/mol. The van der Waals surface area contributed by atoms with Crippen molar-refractivity contribution in [1.29, 1.82) is 0 Å². The standard InChI is InChI=1S/C32H37N5O2.C29H34ClN5O3.C29H32N4O.C27H29N5O.4CH4/c33-31-30-29(25-10-7-11-28(18-25)39-21-23-8-3-1-4-9-23)20-37(32(30)35-22-34-31)26-16-24(17-26)12-13-27(38)19-36-14-5-2-6-15-36;1-19-14-23(35-10-8-34(9-11-35)12-13-38-2)16-21-17-25(33-28(19)21)27-24(6-7-31-29(27)37)32-18-26(36)20-4-3-5-22(30)15-20;30-27-11-12-31-29-28(27)26(19-33(29)24-15-22(16-24)18-32-13-4-5-14-32)23-9-6-10-25(17-23)34-20-21-7-2-1-3-8-21;28-26-25-24(21-8-4-9-23(14-21)33-17-19-6-2-1-3-7-19)16-32(27(25)30-18-29-26)22-12-20(13-22)15-31-10-5-11-31;;;;/h1,3-4,7-11,18,20,22,24,26H,2,5-6,12-17,19,21H2,(H2,33,34,35);3-7,14-16,26,36H,8-13,17-18H2,1-2H3,(H2,31,32,37);1-3,6-12,17,19,22,24H,4-5,13-16,18,20H2,(H2,30,31);1-4,6-9,14,16,18,20,22H,5,10-13,15,17H2,(H2,28,29,30);4*1H4/t;26-;;;;;;/m.1....../s1. The number of aryl methyl sites for hydroxylation is 1. The van der Waals surface area contributed by atoms with Gasteiger partial charge in [-0.15, -0.1) is 0 Å². The van der Waals surface area contributed by atoms with Crippen molar-refractivity contribution in [2.45, 2.75) is 177 Å². The number of piperidine rings is 1. The van der Waals surface area contributed by atoms with Gasteiger partial charge in [0.1, 0.15) is 84.1 Å². The van der Waals surface area contributed by atoms with E-state index in [1.807, 2.05) is 115 Å². The summed E-state index contributed by atoms with van der Waals surface area (Å²) in [5.74, 6) is 6.07. The number of benzene rings is 8. The summed E-state index contributed by atoms with van der Waals surface area (Å²) in [5.41, 5.74) is 39.5. The van der Waals surface area contributed by atoms with Gasteiger partial charge in [0.2, 0.25) is 0 Å². The third kappa shape index (κ3) is 25.7. The molecular weight excluding hydrogens is 1870 g/mol. The Bertz CT molecular complexity index is 6990. The van der Waals surface area contributed by atoms with Gasteiger partial charge in [0.05, 0.1) is 52.7 Å². The summed E-state index contributed by atoms with van der Waals surface area (Å²) in [4.78, 5) is 68.2. The molecule has 148 heavy (non-hydrogen) atoms. The highest BCUT2D eigenvalue weighted by Gasteiger charge is 2.38. The second-order valence-corrected chi connectivity index (χ2v) is 40.6. The Kier molecular flexibility index (Phi) is 36.5. The zero-order chi connectivity index (χ0) is 98.4. The van der Waals surface area contributed by atoms with Crippen molar-refractivity contribution >= 4 is 90.6 Å². The first-order valence-electron chi connectivity index (χ1n) is 51.6. The normalized spacial score (nSPS) is 18.6. The molecule has 0 unspecified atom stereocenters. The molecule has 0 spiro atoms. The van der Waals surface area contributed by atoms with Crippen LogP contribution in [0.15, 0.2) is 266 Å². The smallest absolute Gasteiger partial charge is 0.259 e. The number of nitrogens with two attached hydrogens (primary N) is 3. The van der Waals surface area contributed by atoms with Gasteiger partial charge < -0.3 is 80.0 Å². The number of halogens is 1. The molecule has 0 bridgehead atoms. The van der Waals surface area contributed by atoms with Gasteiger partial charge in [-0.05, 0) is 264 Å². The second kappa shape index (κ2) is 50.4. The number of nitrogens with one attached hydrogen (secondary N) is 2. The maximum absolute atomic E-state index is 13.0. The minimum atomic E-state index is -0.775. The monoisotopic (exact) mass is 2010 g/mol. The number of fused-ring (bicyclic) bond motifs is 4. The topological polar surface area (TPSA) is 305 Å². The number of Topliss-reactive ketones (excluding diaryl/α,β-unsaturated/α-hetero) is 1. The minimum absolute atomic E-state index is 0. The Balaban J connectivity index is 0.000000140. The van der Waals surface area contributed by atoms with Gasteiger partial charge in [0.25, 0.3) is 5.56 Å². The van der Waals surface area contributed by atoms with Crippen LogP contribution in [-0.4, -0.2) is 192 Å². The number of aliphatic imine (C=N–C) groups is 1.